The lowest BCUT2D eigenvalue weighted by atomic mass is 10.1. The molecule has 0 N–H and O–H groups in total. The third kappa shape index (κ3) is 1.85. The molecule has 0 aliphatic rings. The number of hydrogen-bond donors (Lipinski definition) is 0. The summed E-state index contributed by atoms with van der Waals surface area (Å²) in [5.74, 6) is 0. The zero-order valence-electron chi connectivity index (χ0n) is 6.77. The molecule has 72 valence electrons. The van der Waals surface area contributed by atoms with Gasteiger partial charge in [-0.25, -0.2) is 0 Å². The summed E-state index contributed by atoms with van der Waals surface area (Å²) >= 11 is 2.92. The Kier molecular flexibility index (Phi) is 3.08. The van der Waals surface area contributed by atoms with Crippen LogP contribution in [0.1, 0.15) is 20.7 Å². The third-order valence-corrected chi connectivity index (χ3v) is 2.17. The standard InChI is InChI=1S/C8H4BrNO4/c9-7-2-5(3-11)1-6(4-12)8(7)10(13)14/h1-4H. The molecular formula is C8H4BrNO4. The first-order valence-corrected chi connectivity index (χ1v) is 4.27. The Morgan fingerprint density at radius 1 is 1.29 bits per heavy atom. The molecule has 0 bridgehead atoms. The Labute approximate surface area is 87.0 Å². The molecule has 0 spiro atoms. The Hall–Kier alpha value is -1.56. The molecule has 0 aliphatic carbocycles. The maximum absolute atomic E-state index is 10.5. The number of aldehydes is 2. The van der Waals surface area contributed by atoms with Crippen LogP contribution < -0.4 is 0 Å². The molecule has 0 heterocycles. The van der Waals surface area contributed by atoms with Gasteiger partial charge in [0.15, 0.2) is 6.29 Å². The van der Waals surface area contributed by atoms with Gasteiger partial charge in [-0.15, -0.1) is 0 Å². The smallest absolute Gasteiger partial charge is 0.293 e. The highest BCUT2D eigenvalue weighted by atomic mass is 79.9. The molecule has 6 heteroatoms. The number of benzene rings is 1. The van der Waals surface area contributed by atoms with Crippen molar-refractivity contribution in [1.29, 1.82) is 0 Å². The predicted molar refractivity (Wildman–Crippen MR) is 51.6 cm³/mol. The van der Waals surface area contributed by atoms with Crippen LogP contribution in [-0.4, -0.2) is 17.5 Å². The molecular weight excluding hydrogens is 254 g/mol. The van der Waals surface area contributed by atoms with E-state index in [1.807, 2.05) is 0 Å². The normalized spacial score (nSPS) is 9.50. The van der Waals surface area contributed by atoms with E-state index in [1.165, 1.54) is 12.1 Å². The van der Waals surface area contributed by atoms with Gasteiger partial charge in [0.2, 0.25) is 0 Å². The van der Waals surface area contributed by atoms with E-state index in [9.17, 15) is 19.7 Å². The van der Waals surface area contributed by atoms with Crippen molar-refractivity contribution in [1.82, 2.24) is 0 Å². The summed E-state index contributed by atoms with van der Waals surface area (Å²) < 4.78 is 0.120. The molecule has 0 aliphatic heterocycles. The second kappa shape index (κ2) is 4.10. The molecule has 1 aromatic carbocycles. The number of carbonyl (C=O) groups excluding carboxylic acids is 2. The van der Waals surface area contributed by atoms with Crippen LogP contribution in [0.2, 0.25) is 0 Å². The van der Waals surface area contributed by atoms with E-state index in [0.29, 0.717) is 12.6 Å². The molecule has 0 fully saturated rings. The fraction of sp³-hybridized carbons (Fsp3) is 0. The minimum atomic E-state index is -0.678. The van der Waals surface area contributed by atoms with Crippen molar-refractivity contribution in [3.8, 4) is 0 Å². The van der Waals surface area contributed by atoms with Gasteiger partial charge >= 0.3 is 0 Å². The molecule has 0 amide bonds. The van der Waals surface area contributed by atoms with E-state index < -0.39 is 4.92 Å². The molecule has 1 aromatic rings. The average molecular weight is 258 g/mol. The number of rotatable bonds is 3. The van der Waals surface area contributed by atoms with Gasteiger partial charge in [0, 0.05) is 5.56 Å². The Morgan fingerprint density at radius 2 is 1.93 bits per heavy atom. The van der Waals surface area contributed by atoms with Gasteiger partial charge < -0.3 is 0 Å². The number of nitro benzene ring substituents is 1. The van der Waals surface area contributed by atoms with Crippen LogP contribution in [0.25, 0.3) is 0 Å². The molecule has 14 heavy (non-hydrogen) atoms. The lowest BCUT2D eigenvalue weighted by molar-refractivity contribution is -0.385. The second-order valence-electron chi connectivity index (χ2n) is 2.43. The second-order valence-corrected chi connectivity index (χ2v) is 3.29. The van der Waals surface area contributed by atoms with Crippen LogP contribution in [0, 0.1) is 10.1 Å². The largest absolute Gasteiger partial charge is 0.298 e. The van der Waals surface area contributed by atoms with Crippen LogP contribution in [-0.2, 0) is 0 Å². The monoisotopic (exact) mass is 257 g/mol. The summed E-state index contributed by atoms with van der Waals surface area (Å²) in [5.41, 5.74) is -0.235. The van der Waals surface area contributed by atoms with Crippen molar-refractivity contribution in [2.75, 3.05) is 0 Å². The molecule has 0 aromatic heterocycles. The summed E-state index contributed by atoms with van der Waals surface area (Å²) in [4.78, 5) is 30.8. The predicted octanol–water partition coefficient (Wildman–Crippen LogP) is 1.98. The van der Waals surface area contributed by atoms with Crippen molar-refractivity contribution >= 4 is 34.2 Å². The third-order valence-electron chi connectivity index (χ3n) is 1.56. The summed E-state index contributed by atoms with van der Waals surface area (Å²) in [6.45, 7) is 0. The first-order chi connectivity index (χ1) is 6.60. The Morgan fingerprint density at radius 3 is 2.36 bits per heavy atom. The molecule has 0 atom stereocenters. The van der Waals surface area contributed by atoms with Gasteiger partial charge in [0.1, 0.15) is 6.29 Å². The van der Waals surface area contributed by atoms with Gasteiger partial charge in [0.25, 0.3) is 5.69 Å². The Balaban J connectivity index is 3.49. The van der Waals surface area contributed by atoms with Gasteiger partial charge in [-0.3, -0.25) is 19.7 Å². The highest BCUT2D eigenvalue weighted by molar-refractivity contribution is 9.10. The van der Waals surface area contributed by atoms with Crippen molar-refractivity contribution < 1.29 is 14.5 Å². The number of nitro groups is 1. The van der Waals surface area contributed by atoms with Crippen LogP contribution in [0.15, 0.2) is 16.6 Å². The number of halogens is 1. The van der Waals surface area contributed by atoms with E-state index in [-0.39, 0.29) is 21.3 Å². The van der Waals surface area contributed by atoms with Gasteiger partial charge in [-0.2, -0.15) is 0 Å². The zero-order valence-corrected chi connectivity index (χ0v) is 8.35. The first-order valence-electron chi connectivity index (χ1n) is 3.48. The van der Waals surface area contributed by atoms with E-state index in [2.05, 4.69) is 15.9 Å². The average Bonchev–Trinajstić information content (AvgIpc) is 2.15. The number of carbonyl (C=O) groups is 2. The Bertz CT molecular complexity index is 416. The lowest BCUT2D eigenvalue weighted by Gasteiger charge is -1.99. The maximum atomic E-state index is 10.5. The van der Waals surface area contributed by atoms with Crippen LogP contribution in [0.4, 0.5) is 5.69 Å². The van der Waals surface area contributed by atoms with Gasteiger partial charge in [-0.05, 0) is 28.1 Å². The molecule has 5 nitrogen and oxygen atoms in total. The fourth-order valence-electron chi connectivity index (χ4n) is 0.993. The summed E-state index contributed by atoms with van der Waals surface area (Å²) in [5, 5.41) is 10.5. The molecule has 0 radical (unpaired) electrons. The van der Waals surface area contributed by atoms with Crippen molar-refractivity contribution in [2.24, 2.45) is 0 Å². The minimum absolute atomic E-state index is 0.119. The molecule has 0 unspecified atom stereocenters. The highest BCUT2D eigenvalue weighted by Crippen LogP contribution is 2.28. The first kappa shape index (κ1) is 10.5. The quantitative estimate of drug-likeness (QED) is 0.471. The van der Waals surface area contributed by atoms with Crippen molar-refractivity contribution in [2.45, 2.75) is 0 Å². The summed E-state index contributed by atoms with van der Waals surface area (Å²) in [6, 6.07) is 2.46. The highest BCUT2D eigenvalue weighted by Gasteiger charge is 2.18. The minimum Gasteiger partial charge on any atom is -0.298 e. The zero-order chi connectivity index (χ0) is 10.7. The van der Waals surface area contributed by atoms with E-state index in [0.717, 1.165) is 0 Å². The SMILES string of the molecule is O=Cc1cc(Br)c([N+](=O)[O-])c(C=O)c1. The van der Waals surface area contributed by atoms with Crippen LogP contribution in [0.5, 0.6) is 0 Å². The van der Waals surface area contributed by atoms with Crippen LogP contribution in [0.3, 0.4) is 0 Å². The number of nitrogens with zero attached hydrogens (tertiary/aromatic N) is 1. The summed E-state index contributed by atoms with van der Waals surface area (Å²) in [7, 11) is 0. The van der Waals surface area contributed by atoms with Crippen molar-refractivity contribution in [3.05, 3.63) is 37.8 Å². The van der Waals surface area contributed by atoms with E-state index in [1.54, 1.807) is 0 Å². The topological polar surface area (TPSA) is 77.3 Å². The van der Waals surface area contributed by atoms with Crippen LogP contribution >= 0.6 is 15.9 Å². The lowest BCUT2D eigenvalue weighted by Crippen LogP contribution is -1.97. The fourth-order valence-corrected chi connectivity index (χ4v) is 1.63. The molecule has 0 saturated heterocycles. The maximum Gasteiger partial charge on any atom is 0.293 e. The van der Waals surface area contributed by atoms with Crippen molar-refractivity contribution in [3.63, 3.8) is 0 Å². The van der Waals surface area contributed by atoms with E-state index >= 15 is 0 Å². The molecule has 1 rings (SSSR count). The van der Waals surface area contributed by atoms with Gasteiger partial charge in [0.05, 0.1) is 15.0 Å². The summed E-state index contributed by atoms with van der Waals surface area (Å²) in [6.07, 6.45) is 0.859. The van der Waals surface area contributed by atoms with E-state index in [4.69, 9.17) is 0 Å². The molecule has 0 saturated carbocycles. The number of hydrogen-bond acceptors (Lipinski definition) is 4. The van der Waals surface area contributed by atoms with Gasteiger partial charge in [-0.1, -0.05) is 0 Å².